The van der Waals surface area contributed by atoms with E-state index in [1.165, 1.54) is 12.8 Å². The topological polar surface area (TPSA) is 72.2 Å². The predicted octanol–water partition coefficient (Wildman–Crippen LogP) is 2.35. The molecule has 0 aromatic heterocycles. The van der Waals surface area contributed by atoms with Crippen LogP contribution >= 0.6 is 0 Å². The highest BCUT2D eigenvalue weighted by Gasteiger charge is 2.22. The van der Waals surface area contributed by atoms with Gasteiger partial charge in [-0.2, -0.15) is 0 Å². The Morgan fingerprint density at radius 1 is 1.26 bits per heavy atom. The van der Waals surface area contributed by atoms with E-state index < -0.39 is 10.0 Å². The fourth-order valence-electron chi connectivity index (χ4n) is 2.65. The van der Waals surface area contributed by atoms with Gasteiger partial charge >= 0.3 is 0 Å². The van der Waals surface area contributed by atoms with Crippen molar-refractivity contribution in [3.05, 3.63) is 23.3 Å². The number of hydrogen-bond acceptors (Lipinski definition) is 3. The molecule has 1 aromatic carbocycles. The molecular weight excluding hydrogens is 260 g/mol. The molecule has 0 saturated heterocycles. The molecule has 0 amide bonds. The minimum Gasteiger partial charge on any atom is -0.398 e. The average molecular weight is 282 g/mol. The van der Waals surface area contributed by atoms with E-state index in [4.69, 9.17) is 5.73 Å². The Morgan fingerprint density at radius 2 is 1.89 bits per heavy atom. The lowest BCUT2D eigenvalue weighted by Crippen LogP contribution is -2.29. The molecule has 1 aromatic rings. The molecule has 3 N–H and O–H groups in total. The molecule has 0 spiro atoms. The van der Waals surface area contributed by atoms with Gasteiger partial charge in [-0.15, -0.1) is 0 Å². The molecule has 1 saturated carbocycles. The zero-order valence-corrected chi connectivity index (χ0v) is 12.4. The van der Waals surface area contributed by atoms with Gasteiger partial charge in [-0.05, 0) is 55.9 Å². The number of benzene rings is 1. The first-order chi connectivity index (χ1) is 8.90. The third kappa shape index (κ3) is 3.28. The molecular formula is C14H22N2O2S. The molecule has 0 bridgehead atoms. The first-order valence-electron chi connectivity index (χ1n) is 6.76. The van der Waals surface area contributed by atoms with Crippen molar-refractivity contribution in [3.63, 3.8) is 0 Å². The fourth-order valence-corrected chi connectivity index (χ4v) is 4.12. The summed E-state index contributed by atoms with van der Waals surface area (Å²) in [6.45, 7) is 4.14. The van der Waals surface area contributed by atoms with Crippen molar-refractivity contribution in [2.75, 3.05) is 12.3 Å². The van der Waals surface area contributed by atoms with Crippen molar-refractivity contribution in [3.8, 4) is 0 Å². The lowest BCUT2D eigenvalue weighted by Gasteiger charge is -2.14. The summed E-state index contributed by atoms with van der Waals surface area (Å²) in [7, 11) is -3.45. The zero-order chi connectivity index (χ0) is 14.0. The lowest BCUT2D eigenvalue weighted by atomic mass is 10.1. The Bertz CT molecular complexity index is 561. The highest BCUT2D eigenvalue weighted by atomic mass is 32.2. The number of sulfonamides is 1. The Morgan fingerprint density at radius 3 is 2.53 bits per heavy atom. The lowest BCUT2D eigenvalue weighted by molar-refractivity contribution is 0.519. The van der Waals surface area contributed by atoms with E-state index >= 15 is 0 Å². The summed E-state index contributed by atoms with van der Waals surface area (Å²) in [6, 6.07) is 3.48. The Labute approximate surface area is 115 Å². The quantitative estimate of drug-likeness (QED) is 0.833. The molecule has 1 aliphatic rings. The van der Waals surface area contributed by atoms with Gasteiger partial charge in [0.25, 0.3) is 0 Å². The van der Waals surface area contributed by atoms with Crippen molar-refractivity contribution in [2.24, 2.45) is 5.92 Å². The summed E-state index contributed by atoms with van der Waals surface area (Å²) in [6.07, 6.45) is 4.67. The van der Waals surface area contributed by atoms with E-state index in [9.17, 15) is 8.42 Å². The number of anilines is 1. The van der Waals surface area contributed by atoms with E-state index in [0.717, 1.165) is 18.4 Å². The largest absolute Gasteiger partial charge is 0.398 e. The van der Waals surface area contributed by atoms with E-state index in [1.54, 1.807) is 19.1 Å². The third-order valence-corrected chi connectivity index (χ3v) is 5.42. The maximum absolute atomic E-state index is 12.3. The molecule has 5 heteroatoms. The minimum absolute atomic E-state index is 0.308. The molecule has 0 atom stereocenters. The van der Waals surface area contributed by atoms with Crippen LogP contribution in [0.2, 0.25) is 0 Å². The third-order valence-electron chi connectivity index (χ3n) is 3.87. The highest BCUT2D eigenvalue weighted by Crippen LogP contribution is 2.26. The van der Waals surface area contributed by atoms with Crippen LogP contribution in [-0.4, -0.2) is 15.0 Å². The molecule has 106 valence electrons. The maximum Gasteiger partial charge on any atom is 0.240 e. The van der Waals surface area contributed by atoms with E-state index in [0.29, 0.717) is 28.6 Å². The van der Waals surface area contributed by atoms with Crippen molar-refractivity contribution < 1.29 is 8.42 Å². The van der Waals surface area contributed by atoms with Gasteiger partial charge < -0.3 is 5.73 Å². The first kappa shape index (κ1) is 14.3. The van der Waals surface area contributed by atoms with Crippen LogP contribution in [0.3, 0.4) is 0 Å². The molecule has 1 aliphatic carbocycles. The van der Waals surface area contributed by atoms with Crippen LogP contribution in [0.5, 0.6) is 0 Å². The van der Waals surface area contributed by atoms with Crippen LogP contribution in [0.4, 0.5) is 5.69 Å². The van der Waals surface area contributed by atoms with Crippen molar-refractivity contribution >= 4 is 15.7 Å². The minimum atomic E-state index is -3.45. The fraction of sp³-hybridized carbons (Fsp3) is 0.571. The molecule has 0 aliphatic heterocycles. The molecule has 1 fully saturated rings. The SMILES string of the molecule is Cc1cc(N)c(C)c(S(=O)(=O)NCC2CCCC2)c1. The van der Waals surface area contributed by atoms with Gasteiger partial charge in [0.2, 0.25) is 10.0 Å². The van der Waals surface area contributed by atoms with Crippen LogP contribution < -0.4 is 10.5 Å². The summed E-state index contributed by atoms with van der Waals surface area (Å²) in [5, 5.41) is 0. The Balaban J connectivity index is 2.19. The number of hydrogen-bond donors (Lipinski definition) is 2. The zero-order valence-electron chi connectivity index (χ0n) is 11.6. The summed E-state index contributed by atoms with van der Waals surface area (Å²) >= 11 is 0. The Hall–Kier alpha value is -1.07. The second-order valence-electron chi connectivity index (χ2n) is 5.48. The van der Waals surface area contributed by atoms with Gasteiger partial charge in [0.15, 0.2) is 0 Å². The van der Waals surface area contributed by atoms with Gasteiger partial charge in [0.1, 0.15) is 0 Å². The standard InChI is InChI=1S/C14H22N2O2S/c1-10-7-13(15)11(2)14(8-10)19(17,18)16-9-12-5-3-4-6-12/h7-8,12,16H,3-6,9,15H2,1-2H3. The molecule has 0 radical (unpaired) electrons. The van der Waals surface area contributed by atoms with E-state index in [2.05, 4.69) is 4.72 Å². The van der Waals surface area contributed by atoms with Gasteiger partial charge in [-0.25, -0.2) is 13.1 Å². The molecule has 19 heavy (non-hydrogen) atoms. The van der Waals surface area contributed by atoms with Crippen LogP contribution in [0.1, 0.15) is 36.8 Å². The second kappa shape index (κ2) is 5.51. The van der Waals surface area contributed by atoms with Crippen molar-refractivity contribution in [2.45, 2.75) is 44.4 Å². The number of nitrogens with two attached hydrogens (primary N) is 1. The van der Waals surface area contributed by atoms with Gasteiger partial charge in [-0.1, -0.05) is 12.8 Å². The van der Waals surface area contributed by atoms with E-state index in [-0.39, 0.29) is 0 Å². The number of nitrogen functional groups attached to an aromatic ring is 1. The molecule has 0 heterocycles. The normalized spacial score (nSPS) is 16.9. The van der Waals surface area contributed by atoms with Crippen LogP contribution in [0.25, 0.3) is 0 Å². The van der Waals surface area contributed by atoms with Gasteiger partial charge in [-0.3, -0.25) is 0 Å². The average Bonchev–Trinajstić information content (AvgIpc) is 2.84. The first-order valence-corrected chi connectivity index (χ1v) is 8.25. The van der Waals surface area contributed by atoms with E-state index in [1.807, 2.05) is 6.92 Å². The van der Waals surface area contributed by atoms with Gasteiger partial charge in [0, 0.05) is 12.2 Å². The molecule has 2 rings (SSSR count). The summed E-state index contributed by atoms with van der Waals surface area (Å²) < 4.78 is 27.4. The predicted molar refractivity (Wildman–Crippen MR) is 77.5 cm³/mol. The summed E-state index contributed by atoms with van der Waals surface area (Å²) in [5.74, 6) is 0.484. The maximum atomic E-state index is 12.3. The molecule has 0 unspecified atom stereocenters. The summed E-state index contributed by atoms with van der Waals surface area (Å²) in [4.78, 5) is 0.308. The summed E-state index contributed by atoms with van der Waals surface area (Å²) in [5.41, 5.74) is 7.87. The van der Waals surface area contributed by atoms with Crippen LogP contribution in [-0.2, 0) is 10.0 Å². The Kier molecular flexibility index (Phi) is 4.16. The number of aryl methyl sites for hydroxylation is 1. The highest BCUT2D eigenvalue weighted by molar-refractivity contribution is 7.89. The van der Waals surface area contributed by atoms with Crippen molar-refractivity contribution in [1.29, 1.82) is 0 Å². The number of nitrogens with one attached hydrogen (secondary N) is 1. The smallest absolute Gasteiger partial charge is 0.240 e. The monoisotopic (exact) mass is 282 g/mol. The van der Waals surface area contributed by atoms with Crippen LogP contribution in [0.15, 0.2) is 17.0 Å². The van der Waals surface area contributed by atoms with Crippen molar-refractivity contribution in [1.82, 2.24) is 4.72 Å². The number of rotatable bonds is 4. The molecule has 4 nitrogen and oxygen atoms in total. The second-order valence-corrected chi connectivity index (χ2v) is 7.22. The van der Waals surface area contributed by atoms with Gasteiger partial charge in [0.05, 0.1) is 4.90 Å². The van der Waals surface area contributed by atoms with Crippen LogP contribution in [0, 0.1) is 19.8 Å².